The summed E-state index contributed by atoms with van der Waals surface area (Å²) in [7, 11) is -4.18. The molecular formula is C22H23Cl2N3O5S. The molecule has 3 amide bonds. The lowest BCUT2D eigenvalue weighted by molar-refractivity contribution is -0.140. The zero-order valence-electron chi connectivity index (χ0n) is 18.2. The number of carbonyl (C=O) groups is 3. The van der Waals surface area contributed by atoms with Crippen LogP contribution in [0.25, 0.3) is 0 Å². The molecule has 0 saturated carbocycles. The van der Waals surface area contributed by atoms with Crippen LogP contribution in [0, 0.1) is 0 Å². The third-order valence-corrected chi connectivity index (χ3v) is 7.65. The lowest BCUT2D eigenvalue weighted by Gasteiger charge is -2.30. The molecule has 0 bridgehead atoms. The molecule has 0 spiro atoms. The molecule has 8 nitrogen and oxygen atoms in total. The number of amides is 3. The molecule has 176 valence electrons. The zero-order chi connectivity index (χ0) is 24.5. The van der Waals surface area contributed by atoms with Crippen molar-refractivity contribution in [3.63, 3.8) is 0 Å². The Morgan fingerprint density at radius 1 is 1.06 bits per heavy atom. The summed E-state index contributed by atoms with van der Waals surface area (Å²) in [6.45, 7) is 4.31. The molecule has 1 atom stereocenters. The summed E-state index contributed by atoms with van der Waals surface area (Å²) in [4.78, 5) is 39.8. The van der Waals surface area contributed by atoms with E-state index in [1.165, 1.54) is 30.0 Å². The third kappa shape index (κ3) is 5.15. The number of benzene rings is 2. The number of fused-ring (bicyclic) bond motifs is 1. The Labute approximate surface area is 202 Å². The van der Waals surface area contributed by atoms with Crippen LogP contribution in [-0.4, -0.2) is 54.0 Å². The van der Waals surface area contributed by atoms with E-state index in [4.69, 9.17) is 23.2 Å². The second kappa shape index (κ2) is 9.70. The van der Waals surface area contributed by atoms with Crippen molar-refractivity contribution in [1.29, 1.82) is 0 Å². The monoisotopic (exact) mass is 511 g/mol. The molecule has 2 aromatic carbocycles. The van der Waals surface area contributed by atoms with Gasteiger partial charge in [-0.3, -0.25) is 14.4 Å². The van der Waals surface area contributed by atoms with Crippen LogP contribution in [0.2, 0.25) is 10.0 Å². The van der Waals surface area contributed by atoms with Gasteiger partial charge >= 0.3 is 0 Å². The first-order chi connectivity index (χ1) is 15.4. The summed E-state index contributed by atoms with van der Waals surface area (Å²) in [5.41, 5.74) is 0.591. The minimum atomic E-state index is -4.18. The highest BCUT2D eigenvalue weighted by Crippen LogP contribution is 2.30. The lowest BCUT2D eigenvalue weighted by atomic mass is 10.1. The Morgan fingerprint density at radius 3 is 2.33 bits per heavy atom. The topological polar surface area (TPSA) is 104 Å². The van der Waals surface area contributed by atoms with E-state index in [1.807, 2.05) is 0 Å². The van der Waals surface area contributed by atoms with Gasteiger partial charge in [-0.25, -0.2) is 12.7 Å². The predicted octanol–water partition coefficient (Wildman–Crippen LogP) is 3.08. The summed E-state index contributed by atoms with van der Waals surface area (Å²) < 4.78 is 26.3. The summed E-state index contributed by atoms with van der Waals surface area (Å²) in [5, 5.41) is 3.34. The number of sulfonamides is 1. The molecule has 11 heteroatoms. The van der Waals surface area contributed by atoms with E-state index >= 15 is 0 Å². The first kappa shape index (κ1) is 25.0. The number of carbonyl (C=O) groups excluding carboxylic acids is 3. The van der Waals surface area contributed by atoms with E-state index in [1.54, 1.807) is 38.1 Å². The fourth-order valence-electron chi connectivity index (χ4n) is 3.42. The van der Waals surface area contributed by atoms with Crippen LogP contribution in [0.4, 0.5) is 0 Å². The summed E-state index contributed by atoms with van der Waals surface area (Å²) in [5.74, 6) is -1.91. The average molecular weight is 512 g/mol. The van der Waals surface area contributed by atoms with Gasteiger partial charge in [0.25, 0.3) is 15.9 Å². The first-order valence-corrected chi connectivity index (χ1v) is 12.3. The van der Waals surface area contributed by atoms with Crippen LogP contribution in [0.5, 0.6) is 0 Å². The Morgan fingerprint density at radius 2 is 1.73 bits per heavy atom. The van der Waals surface area contributed by atoms with Crippen molar-refractivity contribution >= 4 is 50.9 Å². The molecule has 0 radical (unpaired) electrons. The van der Waals surface area contributed by atoms with Gasteiger partial charge in [0.05, 0.1) is 15.6 Å². The van der Waals surface area contributed by atoms with Gasteiger partial charge in [0, 0.05) is 12.6 Å². The second-order valence-electron chi connectivity index (χ2n) is 7.92. The molecule has 0 fully saturated rings. The standard InChI is InChI=1S/C22H23Cl2N3O5S/c1-13(2)25-21(29)14(3)26(11-15-8-9-17(23)18(24)10-15)20(28)12-27-22(30)16-6-4-5-7-19(16)33(27,31)32/h4-10,13-14H,11-12H2,1-3H3,(H,25,29)/t14-/m1/s1. The smallest absolute Gasteiger partial charge is 0.269 e. The van der Waals surface area contributed by atoms with Gasteiger partial charge in [0.15, 0.2) is 0 Å². The van der Waals surface area contributed by atoms with Crippen molar-refractivity contribution in [3.8, 4) is 0 Å². The number of nitrogens with one attached hydrogen (secondary N) is 1. The van der Waals surface area contributed by atoms with E-state index in [-0.39, 0.29) is 28.1 Å². The highest BCUT2D eigenvalue weighted by atomic mass is 35.5. The molecule has 1 heterocycles. The first-order valence-electron chi connectivity index (χ1n) is 10.1. The van der Waals surface area contributed by atoms with Crippen molar-refractivity contribution in [1.82, 2.24) is 14.5 Å². The zero-order valence-corrected chi connectivity index (χ0v) is 20.5. The Bertz CT molecular complexity index is 1220. The van der Waals surface area contributed by atoms with Gasteiger partial charge in [0.1, 0.15) is 17.5 Å². The van der Waals surface area contributed by atoms with Crippen molar-refractivity contribution in [2.24, 2.45) is 0 Å². The summed E-state index contributed by atoms with van der Waals surface area (Å²) in [6.07, 6.45) is 0. The largest absolute Gasteiger partial charge is 0.352 e. The fraction of sp³-hybridized carbons (Fsp3) is 0.318. The van der Waals surface area contributed by atoms with E-state index in [9.17, 15) is 22.8 Å². The number of hydrogen-bond acceptors (Lipinski definition) is 5. The Balaban J connectivity index is 1.91. The van der Waals surface area contributed by atoms with Crippen LogP contribution in [-0.2, 0) is 26.2 Å². The summed E-state index contributed by atoms with van der Waals surface area (Å²) in [6, 6.07) is 9.42. The van der Waals surface area contributed by atoms with Crippen LogP contribution < -0.4 is 5.32 Å². The van der Waals surface area contributed by atoms with Crippen molar-refractivity contribution in [2.45, 2.75) is 44.3 Å². The number of hydrogen-bond donors (Lipinski definition) is 1. The maximum atomic E-state index is 13.3. The molecule has 1 aliphatic heterocycles. The quantitative estimate of drug-likeness (QED) is 0.614. The molecule has 0 aromatic heterocycles. The van der Waals surface area contributed by atoms with E-state index in [0.29, 0.717) is 14.9 Å². The predicted molar refractivity (Wildman–Crippen MR) is 124 cm³/mol. The highest BCUT2D eigenvalue weighted by Gasteiger charge is 2.43. The molecular weight excluding hydrogens is 489 g/mol. The molecule has 3 rings (SSSR count). The molecule has 0 saturated heterocycles. The maximum Gasteiger partial charge on any atom is 0.269 e. The minimum Gasteiger partial charge on any atom is -0.352 e. The molecule has 1 aliphatic rings. The van der Waals surface area contributed by atoms with Gasteiger partial charge in [-0.05, 0) is 50.6 Å². The number of nitrogens with zero attached hydrogens (tertiary/aromatic N) is 2. The maximum absolute atomic E-state index is 13.3. The van der Waals surface area contributed by atoms with Crippen LogP contribution in [0.15, 0.2) is 47.4 Å². The van der Waals surface area contributed by atoms with Gasteiger partial charge in [0.2, 0.25) is 11.8 Å². The number of rotatable bonds is 7. The SMILES string of the molecule is CC(C)NC(=O)[C@@H](C)N(Cc1ccc(Cl)c(Cl)c1)C(=O)CN1C(=O)c2ccccc2S1(=O)=O. The van der Waals surface area contributed by atoms with Crippen molar-refractivity contribution in [2.75, 3.05) is 6.54 Å². The van der Waals surface area contributed by atoms with Gasteiger partial charge < -0.3 is 10.2 Å². The molecule has 33 heavy (non-hydrogen) atoms. The second-order valence-corrected chi connectivity index (χ2v) is 10.6. The normalized spacial score (nSPS) is 15.3. The van der Waals surface area contributed by atoms with Gasteiger partial charge in [-0.15, -0.1) is 0 Å². The van der Waals surface area contributed by atoms with E-state index in [2.05, 4.69) is 5.32 Å². The molecule has 1 N–H and O–H groups in total. The lowest BCUT2D eigenvalue weighted by Crippen LogP contribution is -2.52. The highest BCUT2D eigenvalue weighted by molar-refractivity contribution is 7.90. The van der Waals surface area contributed by atoms with Crippen molar-refractivity contribution < 1.29 is 22.8 Å². The minimum absolute atomic E-state index is 0.00642. The van der Waals surface area contributed by atoms with Crippen molar-refractivity contribution in [3.05, 3.63) is 63.6 Å². The molecule has 0 unspecified atom stereocenters. The van der Waals surface area contributed by atoms with Crippen LogP contribution >= 0.6 is 23.2 Å². The third-order valence-electron chi connectivity index (χ3n) is 5.13. The molecule has 0 aliphatic carbocycles. The summed E-state index contributed by atoms with van der Waals surface area (Å²) >= 11 is 12.1. The number of halogens is 2. The van der Waals surface area contributed by atoms with Crippen LogP contribution in [0.1, 0.15) is 36.7 Å². The van der Waals surface area contributed by atoms with Gasteiger partial charge in [-0.1, -0.05) is 41.4 Å². The fourth-order valence-corrected chi connectivity index (χ4v) is 5.26. The van der Waals surface area contributed by atoms with Crippen LogP contribution in [0.3, 0.4) is 0 Å². The average Bonchev–Trinajstić information content (AvgIpc) is 2.94. The van der Waals surface area contributed by atoms with E-state index in [0.717, 1.165) is 0 Å². The molecule has 2 aromatic rings. The Kier molecular flexibility index (Phi) is 7.36. The van der Waals surface area contributed by atoms with Gasteiger partial charge in [-0.2, -0.15) is 0 Å². The van der Waals surface area contributed by atoms with E-state index < -0.39 is 40.3 Å². The Hall–Kier alpha value is -2.62.